The van der Waals surface area contributed by atoms with Gasteiger partial charge in [-0.1, -0.05) is 18.2 Å². The molecule has 0 amide bonds. The minimum atomic E-state index is 0.453. The molecule has 1 aliphatic heterocycles. The van der Waals surface area contributed by atoms with Crippen LogP contribution >= 0.6 is 0 Å². The number of nitrogens with zero attached hydrogens (tertiary/aromatic N) is 2. The van der Waals surface area contributed by atoms with E-state index in [-0.39, 0.29) is 0 Å². The van der Waals surface area contributed by atoms with E-state index in [4.69, 9.17) is 0 Å². The summed E-state index contributed by atoms with van der Waals surface area (Å²) in [6, 6.07) is 12.4. The molecule has 1 atom stereocenters. The van der Waals surface area contributed by atoms with Crippen LogP contribution in [0.5, 0.6) is 0 Å². The number of rotatable bonds is 4. The molecule has 0 saturated carbocycles. The molecule has 5 nitrogen and oxygen atoms in total. The van der Waals surface area contributed by atoms with Gasteiger partial charge in [0.05, 0.1) is 0 Å². The second-order valence-corrected chi connectivity index (χ2v) is 5.01. The average Bonchev–Trinajstić information content (AvgIpc) is 2.92. The van der Waals surface area contributed by atoms with E-state index >= 15 is 0 Å². The number of aromatic nitrogens is 2. The van der Waals surface area contributed by atoms with E-state index in [2.05, 4.69) is 25.9 Å². The van der Waals surface area contributed by atoms with Crippen molar-refractivity contribution < 1.29 is 0 Å². The van der Waals surface area contributed by atoms with Crippen molar-refractivity contribution in [1.29, 1.82) is 0 Å². The Labute approximate surface area is 118 Å². The SMILES string of the molecule is Cc1nc(Nc2ccccc2)cc(NC2CCNC2)n1. The Morgan fingerprint density at radius 1 is 1.15 bits per heavy atom. The first-order chi connectivity index (χ1) is 9.79. The van der Waals surface area contributed by atoms with Crippen molar-refractivity contribution in [2.75, 3.05) is 23.7 Å². The molecule has 1 unspecified atom stereocenters. The normalized spacial score (nSPS) is 17.9. The van der Waals surface area contributed by atoms with Gasteiger partial charge in [-0.05, 0) is 32.0 Å². The topological polar surface area (TPSA) is 61.9 Å². The van der Waals surface area contributed by atoms with E-state index < -0.39 is 0 Å². The molecule has 0 bridgehead atoms. The van der Waals surface area contributed by atoms with Crippen molar-refractivity contribution in [3.05, 3.63) is 42.2 Å². The molecular weight excluding hydrogens is 250 g/mol. The lowest BCUT2D eigenvalue weighted by molar-refractivity contribution is 0.785. The highest BCUT2D eigenvalue weighted by Gasteiger charge is 2.14. The number of nitrogens with one attached hydrogen (secondary N) is 3. The lowest BCUT2D eigenvalue weighted by Crippen LogP contribution is -2.23. The highest BCUT2D eigenvalue weighted by Crippen LogP contribution is 2.18. The van der Waals surface area contributed by atoms with E-state index in [1.807, 2.05) is 43.3 Å². The number of aryl methyl sites for hydroxylation is 1. The maximum atomic E-state index is 4.45. The number of benzene rings is 1. The Hall–Kier alpha value is -2.14. The molecule has 0 spiro atoms. The zero-order valence-corrected chi connectivity index (χ0v) is 11.6. The lowest BCUT2D eigenvalue weighted by atomic mass is 10.2. The predicted octanol–water partition coefficient (Wildman–Crippen LogP) is 2.30. The first-order valence-corrected chi connectivity index (χ1v) is 6.94. The minimum absolute atomic E-state index is 0.453. The second kappa shape index (κ2) is 5.88. The van der Waals surface area contributed by atoms with E-state index in [1.54, 1.807) is 0 Å². The van der Waals surface area contributed by atoms with Gasteiger partial charge in [-0.3, -0.25) is 0 Å². The fourth-order valence-corrected chi connectivity index (χ4v) is 2.36. The van der Waals surface area contributed by atoms with Crippen LogP contribution in [0.1, 0.15) is 12.2 Å². The van der Waals surface area contributed by atoms with Crippen LogP contribution in [0.3, 0.4) is 0 Å². The van der Waals surface area contributed by atoms with Crippen LogP contribution in [0.25, 0.3) is 0 Å². The smallest absolute Gasteiger partial charge is 0.136 e. The second-order valence-electron chi connectivity index (χ2n) is 5.01. The molecule has 3 N–H and O–H groups in total. The monoisotopic (exact) mass is 269 g/mol. The molecule has 20 heavy (non-hydrogen) atoms. The Bertz CT molecular complexity index is 564. The lowest BCUT2D eigenvalue weighted by Gasteiger charge is -2.14. The molecule has 1 saturated heterocycles. The van der Waals surface area contributed by atoms with Gasteiger partial charge in [0.2, 0.25) is 0 Å². The van der Waals surface area contributed by atoms with E-state index in [9.17, 15) is 0 Å². The molecule has 0 radical (unpaired) electrons. The minimum Gasteiger partial charge on any atom is -0.366 e. The summed E-state index contributed by atoms with van der Waals surface area (Å²) < 4.78 is 0. The number of para-hydroxylation sites is 1. The molecule has 5 heteroatoms. The van der Waals surface area contributed by atoms with Crippen molar-refractivity contribution in [3.63, 3.8) is 0 Å². The summed E-state index contributed by atoms with van der Waals surface area (Å²) in [6.07, 6.45) is 1.13. The number of anilines is 3. The molecule has 3 rings (SSSR count). The molecular formula is C15H19N5. The van der Waals surface area contributed by atoms with Gasteiger partial charge < -0.3 is 16.0 Å². The summed E-state index contributed by atoms with van der Waals surface area (Å²) >= 11 is 0. The average molecular weight is 269 g/mol. The van der Waals surface area contributed by atoms with Gasteiger partial charge in [-0.2, -0.15) is 0 Å². The highest BCUT2D eigenvalue weighted by molar-refractivity contribution is 5.59. The molecule has 2 heterocycles. The molecule has 1 fully saturated rings. The zero-order chi connectivity index (χ0) is 13.8. The van der Waals surface area contributed by atoms with Gasteiger partial charge in [0, 0.05) is 24.3 Å². The van der Waals surface area contributed by atoms with Crippen molar-refractivity contribution in [3.8, 4) is 0 Å². The molecule has 2 aromatic rings. The van der Waals surface area contributed by atoms with Crippen molar-refractivity contribution in [2.45, 2.75) is 19.4 Å². The fourth-order valence-electron chi connectivity index (χ4n) is 2.36. The molecule has 0 aliphatic carbocycles. The predicted molar refractivity (Wildman–Crippen MR) is 81.4 cm³/mol. The summed E-state index contributed by atoms with van der Waals surface area (Å²) in [7, 11) is 0. The number of hydrogen-bond donors (Lipinski definition) is 3. The van der Waals surface area contributed by atoms with Crippen LogP contribution in [0.2, 0.25) is 0 Å². The first-order valence-electron chi connectivity index (χ1n) is 6.94. The van der Waals surface area contributed by atoms with Crippen LogP contribution in [0.4, 0.5) is 17.3 Å². The van der Waals surface area contributed by atoms with Crippen LogP contribution in [-0.2, 0) is 0 Å². The van der Waals surface area contributed by atoms with Gasteiger partial charge >= 0.3 is 0 Å². The van der Waals surface area contributed by atoms with Crippen LogP contribution in [0.15, 0.2) is 36.4 Å². The Balaban J connectivity index is 1.75. The van der Waals surface area contributed by atoms with Crippen molar-refractivity contribution in [1.82, 2.24) is 15.3 Å². The van der Waals surface area contributed by atoms with Gasteiger partial charge in [0.15, 0.2) is 0 Å². The zero-order valence-electron chi connectivity index (χ0n) is 11.6. The standard InChI is InChI=1S/C15H19N5/c1-11-17-14(19-12-5-3-2-4-6-12)9-15(18-11)20-13-7-8-16-10-13/h2-6,9,13,16H,7-8,10H2,1H3,(H2,17,18,19,20). The van der Waals surface area contributed by atoms with Crippen LogP contribution in [0, 0.1) is 6.92 Å². The quantitative estimate of drug-likeness (QED) is 0.795. The Kier molecular flexibility index (Phi) is 3.78. The Morgan fingerprint density at radius 2 is 1.95 bits per heavy atom. The molecule has 1 aromatic heterocycles. The van der Waals surface area contributed by atoms with E-state index in [0.29, 0.717) is 6.04 Å². The highest BCUT2D eigenvalue weighted by atomic mass is 15.1. The molecule has 1 aromatic carbocycles. The largest absolute Gasteiger partial charge is 0.366 e. The number of hydrogen-bond acceptors (Lipinski definition) is 5. The summed E-state index contributed by atoms with van der Waals surface area (Å²) in [5, 5.41) is 10.1. The molecule has 1 aliphatic rings. The fraction of sp³-hybridized carbons (Fsp3) is 0.333. The maximum Gasteiger partial charge on any atom is 0.136 e. The maximum absolute atomic E-state index is 4.45. The van der Waals surface area contributed by atoms with Gasteiger partial charge in [0.25, 0.3) is 0 Å². The van der Waals surface area contributed by atoms with Gasteiger partial charge in [0.1, 0.15) is 17.5 Å². The van der Waals surface area contributed by atoms with Gasteiger partial charge in [-0.15, -0.1) is 0 Å². The van der Waals surface area contributed by atoms with Crippen molar-refractivity contribution >= 4 is 17.3 Å². The van der Waals surface area contributed by atoms with Crippen LogP contribution < -0.4 is 16.0 Å². The summed E-state index contributed by atoms with van der Waals surface area (Å²) in [5.41, 5.74) is 1.03. The third-order valence-corrected chi connectivity index (χ3v) is 3.30. The Morgan fingerprint density at radius 3 is 2.70 bits per heavy atom. The third-order valence-electron chi connectivity index (χ3n) is 3.30. The van der Waals surface area contributed by atoms with E-state index in [0.717, 1.165) is 42.7 Å². The first kappa shape index (κ1) is 12.9. The summed E-state index contributed by atoms with van der Waals surface area (Å²) in [5.74, 6) is 2.46. The summed E-state index contributed by atoms with van der Waals surface area (Å²) in [4.78, 5) is 8.87. The summed E-state index contributed by atoms with van der Waals surface area (Å²) in [6.45, 7) is 3.97. The third kappa shape index (κ3) is 3.24. The van der Waals surface area contributed by atoms with Crippen molar-refractivity contribution in [2.24, 2.45) is 0 Å². The van der Waals surface area contributed by atoms with E-state index in [1.165, 1.54) is 0 Å². The van der Waals surface area contributed by atoms with Crippen LogP contribution in [-0.4, -0.2) is 29.1 Å². The molecule has 104 valence electrons. The van der Waals surface area contributed by atoms with Gasteiger partial charge in [-0.25, -0.2) is 9.97 Å².